The van der Waals surface area contributed by atoms with E-state index in [1.165, 1.54) is 0 Å². The molecule has 0 fully saturated rings. The van der Waals surface area contributed by atoms with Crippen molar-refractivity contribution in [1.29, 1.82) is 5.26 Å². The van der Waals surface area contributed by atoms with Gasteiger partial charge >= 0.3 is 0 Å². The number of nitrogens with zero attached hydrogens (tertiary/aromatic N) is 3. The fourth-order valence-corrected chi connectivity index (χ4v) is 1.13. The van der Waals surface area contributed by atoms with E-state index in [-0.39, 0.29) is 0 Å². The van der Waals surface area contributed by atoms with Crippen molar-refractivity contribution in [2.45, 2.75) is 33.6 Å². The zero-order valence-electron chi connectivity index (χ0n) is 9.37. The molecule has 0 atom stereocenters. The van der Waals surface area contributed by atoms with E-state index in [1.54, 1.807) is 0 Å². The summed E-state index contributed by atoms with van der Waals surface area (Å²) in [6.07, 6.45) is 2.01. The second-order valence-electron chi connectivity index (χ2n) is 3.40. The molecule has 1 aromatic rings. The number of hydrogen-bond acceptors (Lipinski definition) is 4. The smallest absolute Gasteiger partial charge is 0.251 e. The lowest BCUT2D eigenvalue weighted by molar-refractivity contribution is 0.292. The molecule has 1 heterocycles. The Morgan fingerprint density at radius 1 is 1.33 bits per heavy atom. The van der Waals surface area contributed by atoms with Crippen LogP contribution in [-0.4, -0.2) is 16.8 Å². The van der Waals surface area contributed by atoms with Crippen molar-refractivity contribution in [3.05, 3.63) is 16.8 Å². The Labute approximate surface area is 89.9 Å². The summed E-state index contributed by atoms with van der Waals surface area (Å²) in [5.41, 5.74) is 2.12. The van der Waals surface area contributed by atoms with Gasteiger partial charge in [-0.15, -0.1) is 5.10 Å². The minimum absolute atomic E-state index is 0.356. The molecular weight excluding hydrogens is 190 g/mol. The Hall–Kier alpha value is -1.63. The molecule has 0 unspecified atom stereocenters. The van der Waals surface area contributed by atoms with Crippen LogP contribution in [0.3, 0.4) is 0 Å². The SMILES string of the molecule is CCCCOc1nnc(C)c(C)c1C#N. The minimum Gasteiger partial charge on any atom is -0.476 e. The van der Waals surface area contributed by atoms with E-state index in [9.17, 15) is 0 Å². The van der Waals surface area contributed by atoms with Crippen LogP contribution in [0.5, 0.6) is 5.88 Å². The summed E-state index contributed by atoms with van der Waals surface area (Å²) in [6.45, 7) is 6.36. The van der Waals surface area contributed by atoms with Crippen molar-refractivity contribution in [2.24, 2.45) is 0 Å². The second kappa shape index (κ2) is 5.30. The van der Waals surface area contributed by atoms with Crippen molar-refractivity contribution in [3.63, 3.8) is 0 Å². The van der Waals surface area contributed by atoms with Crippen molar-refractivity contribution in [2.75, 3.05) is 6.61 Å². The largest absolute Gasteiger partial charge is 0.476 e. The molecule has 0 saturated carbocycles. The van der Waals surface area contributed by atoms with Crippen LogP contribution in [0.25, 0.3) is 0 Å². The van der Waals surface area contributed by atoms with E-state index in [4.69, 9.17) is 10.00 Å². The van der Waals surface area contributed by atoms with Gasteiger partial charge in [-0.2, -0.15) is 10.4 Å². The Morgan fingerprint density at radius 3 is 2.67 bits per heavy atom. The highest BCUT2D eigenvalue weighted by molar-refractivity contribution is 5.44. The Balaban J connectivity index is 2.89. The fourth-order valence-electron chi connectivity index (χ4n) is 1.13. The molecule has 0 aliphatic carbocycles. The average molecular weight is 205 g/mol. The summed E-state index contributed by atoms with van der Waals surface area (Å²) >= 11 is 0. The molecule has 0 aromatic carbocycles. The van der Waals surface area contributed by atoms with Gasteiger partial charge in [0, 0.05) is 0 Å². The van der Waals surface area contributed by atoms with Gasteiger partial charge in [0.05, 0.1) is 12.3 Å². The molecular formula is C11H15N3O. The summed E-state index contributed by atoms with van der Waals surface area (Å²) in [7, 11) is 0. The van der Waals surface area contributed by atoms with E-state index in [0.717, 1.165) is 24.1 Å². The van der Waals surface area contributed by atoms with Crippen molar-refractivity contribution in [1.82, 2.24) is 10.2 Å². The first-order chi connectivity index (χ1) is 7.20. The van der Waals surface area contributed by atoms with Gasteiger partial charge in [-0.25, -0.2) is 0 Å². The van der Waals surface area contributed by atoms with Gasteiger partial charge in [0.25, 0.3) is 5.88 Å². The van der Waals surface area contributed by atoms with Gasteiger partial charge in [0.1, 0.15) is 11.6 Å². The van der Waals surface area contributed by atoms with Gasteiger partial charge in [0.15, 0.2) is 0 Å². The first-order valence-electron chi connectivity index (χ1n) is 5.07. The fraction of sp³-hybridized carbons (Fsp3) is 0.545. The summed E-state index contributed by atoms with van der Waals surface area (Å²) in [4.78, 5) is 0. The number of aromatic nitrogens is 2. The van der Waals surface area contributed by atoms with Gasteiger partial charge < -0.3 is 4.74 Å². The third-order valence-electron chi connectivity index (χ3n) is 2.27. The Morgan fingerprint density at radius 2 is 2.07 bits per heavy atom. The van der Waals surface area contributed by atoms with Crippen molar-refractivity contribution < 1.29 is 4.74 Å². The van der Waals surface area contributed by atoms with Gasteiger partial charge in [0.2, 0.25) is 0 Å². The molecule has 0 aliphatic rings. The monoisotopic (exact) mass is 205 g/mol. The Bertz CT molecular complexity index is 382. The highest BCUT2D eigenvalue weighted by Gasteiger charge is 2.11. The highest BCUT2D eigenvalue weighted by Crippen LogP contribution is 2.19. The molecule has 0 N–H and O–H groups in total. The molecule has 15 heavy (non-hydrogen) atoms. The van der Waals surface area contributed by atoms with Gasteiger partial charge in [-0.05, 0) is 25.8 Å². The van der Waals surface area contributed by atoms with Crippen molar-refractivity contribution >= 4 is 0 Å². The maximum Gasteiger partial charge on any atom is 0.251 e. The summed E-state index contributed by atoms with van der Waals surface area (Å²) in [6, 6.07) is 2.10. The predicted molar refractivity (Wildman–Crippen MR) is 56.6 cm³/mol. The maximum atomic E-state index is 8.98. The van der Waals surface area contributed by atoms with E-state index in [2.05, 4.69) is 23.2 Å². The number of unbranched alkanes of at least 4 members (excludes halogenated alkanes) is 1. The van der Waals surface area contributed by atoms with Crippen molar-refractivity contribution in [3.8, 4) is 11.9 Å². The number of ether oxygens (including phenoxy) is 1. The average Bonchev–Trinajstić information content (AvgIpc) is 2.24. The lowest BCUT2D eigenvalue weighted by Gasteiger charge is -2.07. The van der Waals surface area contributed by atoms with Crippen LogP contribution in [0.4, 0.5) is 0 Å². The standard InChI is InChI=1S/C11H15N3O/c1-4-5-6-15-11-10(7-12)8(2)9(3)13-14-11/h4-6H2,1-3H3. The van der Waals surface area contributed by atoms with Crippen LogP contribution in [0.1, 0.15) is 36.6 Å². The minimum atomic E-state index is 0.356. The van der Waals surface area contributed by atoms with Gasteiger partial charge in [-0.1, -0.05) is 13.3 Å². The summed E-state index contributed by atoms with van der Waals surface area (Å²) in [5, 5.41) is 16.8. The first kappa shape index (κ1) is 11.4. The maximum absolute atomic E-state index is 8.98. The van der Waals surface area contributed by atoms with Crippen LogP contribution < -0.4 is 4.74 Å². The molecule has 1 rings (SSSR count). The molecule has 4 nitrogen and oxygen atoms in total. The number of nitriles is 1. The molecule has 80 valence electrons. The molecule has 0 radical (unpaired) electrons. The van der Waals surface area contributed by atoms with Crippen LogP contribution in [-0.2, 0) is 0 Å². The van der Waals surface area contributed by atoms with Crippen LogP contribution in [0.2, 0.25) is 0 Å². The zero-order valence-corrected chi connectivity index (χ0v) is 9.37. The van der Waals surface area contributed by atoms with Crippen LogP contribution in [0, 0.1) is 25.2 Å². The lowest BCUT2D eigenvalue weighted by Crippen LogP contribution is -2.05. The number of rotatable bonds is 4. The molecule has 0 amide bonds. The third-order valence-corrected chi connectivity index (χ3v) is 2.27. The normalized spacial score (nSPS) is 9.73. The molecule has 0 spiro atoms. The van der Waals surface area contributed by atoms with E-state index in [0.29, 0.717) is 18.1 Å². The summed E-state index contributed by atoms with van der Waals surface area (Å²) in [5.74, 6) is 0.356. The second-order valence-corrected chi connectivity index (χ2v) is 3.40. The predicted octanol–water partition coefficient (Wildman–Crippen LogP) is 2.14. The molecule has 1 aromatic heterocycles. The zero-order chi connectivity index (χ0) is 11.3. The number of aryl methyl sites for hydroxylation is 1. The van der Waals surface area contributed by atoms with Crippen LogP contribution >= 0.6 is 0 Å². The van der Waals surface area contributed by atoms with E-state index >= 15 is 0 Å². The molecule has 0 bridgehead atoms. The first-order valence-corrected chi connectivity index (χ1v) is 5.07. The van der Waals surface area contributed by atoms with E-state index < -0.39 is 0 Å². The van der Waals surface area contributed by atoms with E-state index in [1.807, 2.05) is 13.8 Å². The molecule has 4 heteroatoms. The molecule has 0 aliphatic heterocycles. The van der Waals surface area contributed by atoms with Gasteiger partial charge in [-0.3, -0.25) is 0 Å². The Kier molecular flexibility index (Phi) is 4.04. The highest BCUT2D eigenvalue weighted by atomic mass is 16.5. The third kappa shape index (κ3) is 2.66. The quantitative estimate of drug-likeness (QED) is 0.706. The number of hydrogen-bond donors (Lipinski definition) is 0. The van der Waals surface area contributed by atoms with Crippen LogP contribution in [0.15, 0.2) is 0 Å². The topological polar surface area (TPSA) is 58.8 Å². The molecule has 0 saturated heterocycles. The lowest BCUT2D eigenvalue weighted by atomic mass is 10.1. The summed E-state index contributed by atoms with van der Waals surface area (Å²) < 4.78 is 5.41.